The van der Waals surface area contributed by atoms with E-state index in [1.165, 1.54) is 49.4 Å². The van der Waals surface area contributed by atoms with E-state index in [-0.39, 0.29) is 33.6 Å². The maximum absolute atomic E-state index is 13.6. The summed E-state index contributed by atoms with van der Waals surface area (Å²) in [6.45, 7) is 0.924. The second-order valence-corrected chi connectivity index (χ2v) is 7.08. The van der Waals surface area contributed by atoms with Gasteiger partial charge >= 0.3 is 5.97 Å². The van der Waals surface area contributed by atoms with Crippen LogP contribution in [0.25, 0.3) is 0 Å². The third kappa shape index (κ3) is 3.85. The Kier molecular flexibility index (Phi) is 5.51. The van der Waals surface area contributed by atoms with Crippen LogP contribution in [-0.4, -0.2) is 30.3 Å². The smallest absolute Gasteiger partial charge is 0.338 e. The highest BCUT2D eigenvalue weighted by Gasteiger charge is 2.36. The van der Waals surface area contributed by atoms with Crippen LogP contribution in [0, 0.1) is 12.7 Å². The van der Waals surface area contributed by atoms with Crippen molar-refractivity contribution < 1.29 is 28.3 Å². The molecule has 0 bridgehead atoms. The van der Waals surface area contributed by atoms with Crippen molar-refractivity contribution in [2.24, 2.45) is 0 Å². The van der Waals surface area contributed by atoms with E-state index in [0.717, 1.165) is 4.90 Å². The topological polar surface area (TPSA) is 92.8 Å². The molecule has 0 saturated heterocycles. The standard InChI is InChI=1S/C24H17FN2O5/c1-14-19(25)10-5-11-20(14)26-21(28)13-32-24(31)15-6-4-7-16(12-15)27-22(29)17-8-2-3-9-18(17)23(27)30/h2-12H,13H2,1H3,(H,26,28). The average Bonchev–Trinajstić information content (AvgIpc) is 3.05. The molecule has 1 N–H and O–H groups in total. The van der Waals surface area contributed by atoms with Crippen LogP contribution >= 0.6 is 0 Å². The van der Waals surface area contributed by atoms with Gasteiger partial charge in [-0.05, 0) is 49.4 Å². The zero-order valence-corrected chi connectivity index (χ0v) is 16.9. The van der Waals surface area contributed by atoms with Crippen LogP contribution in [0.5, 0.6) is 0 Å². The predicted octanol–water partition coefficient (Wildman–Crippen LogP) is 3.73. The molecule has 1 aliphatic heterocycles. The normalized spacial score (nSPS) is 12.5. The number of anilines is 2. The Morgan fingerprint density at radius 2 is 1.59 bits per heavy atom. The number of esters is 1. The number of carbonyl (C=O) groups is 4. The lowest BCUT2D eigenvalue weighted by Crippen LogP contribution is -2.29. The molecule has 3 aromatic rings. The maximum atomic E-state index is 13.6. The molecule has 4 rings (SSSR count). The number of nitrogens with one attached hydrogen (secondary N) is 1. The highest BCUT2D eigenvalue weighted by molar-refractivity contribution is 6.34. The first-order valence-electron chi connectivity index (χ1n) is 9.67. The molecule has 8 heteroatoms. The van der Waals surface area contributed by atoms with E-state index in [1.54, 1.807) is 24.3 Å². The highest BCUT2D eigenvalue weighted by atomic mass is 19.1. The Balaban J connectivity index is 1.44. The minimum atomic E-state index is -0.811. The van der Waals surface area contributed by atoms with Gasteiger partial charge in [0, 0.05) is 11.3 Å². The van der Waals surface area contributed by atoms with Gasteiger partial charge in [0.25, 0.3) is 17.7 Å². The average molecular weight is 432 g/mol. The first kappa shape index (κ1) is 20.9. The van der Waals surface area contributed by atoms with Crippen molar-refractivity contribution in [1.82, 2.24) is 0 Å². The van der Waals surface area contributed by atoms with Crippen LogP contribution < -0.4 is 10.2 Å². The van der Waals surface area contributed by atoms with Crippen LogP contribution in [0.3, 0.4) is 0 Å². The Bertz CT molecular complexity index is 1240. The van der Waals surface area contributed by atoms with E-state index in [2.05, 4.69) is 5.32 Å². The van der Waals surface area contributed by atoms with Crippen LogP contribution in [0.2, 0.25) is 0 Å². The summed E-state index contributed by atoms with van der Waals surface area (Å²) >= 11 is 0. The quantitative estimate of drug-likeness (QED) is 0.490. The zero-order chi connectivity index (χ0) is 22.8. The monoisotopic (exact) mass is 432 g/mol. The van der Waals surface area contributed by atoms with Gasteiger partial charge in [-0.25, -0.2) is 14.1 Å². The third-order valence-corrected chi connectivity index (χ3v) is 5.01. The molecule has 0 radical (unpaired) electrons. The number of amides is 3. The lowest BCUT2D eigenvalue weighted by Gasteiger charge is -2.15. The molecule has 3 aromatic carbocycles. The number of hydrogen-bond donors (Lipinski definition) is 1. The predicted molar refractivity (Wildman–Crippen MR) is 114 cm³/mol. The molecular weight excluding hydrogens is 415 g/mol. The number of ether oxygens (including phenoxy) is 1. The summed E-state index contributed by atoms with van der Waals surface area (Å²) in [5.74, 6) is -2.88. The molecule has 0 aliphatic carbocycles. The molecule has 0 atom stereocenters. The number of nitrogens with zero attached hydrogens (tertiary/aromatic N) is 1. The van der Waals surface area contributed by atoms with Crippen LogP contribution in [0.4, 0.5) is 15.8 Å². The largest absolute Gasteiger partial charge is 0.452 e. The van der Waals surface area contributed by atoms with Gasteiger partial charge in [-0.3, -0.25) is 14.4 Å². The molecule has 1 heterocycles. The van der Waals surface area contributed by atoms with E-state index in [9.17, 15) is 23.6 Å². The summed E-state index contributed by atoms with van der Waals surface area (Å²) in [7, 11) is 0. The van der Waals surface area contributed by atoms with Crippen molar-refractivity contribution in [2.45, 2.75) is 6.92 Å². The number of hydrogen-bond acceptors (Lipinski definition) is 5. The molecule has 0 aromatic heterocycles. The van der Waals surface area contributed by atoms with Gasteiger partial charge in [0.05, 0.1) is 22.4 Å². The van der Waals surface area contributed by atoms with E-state index in [1.807, 2.05) is 0 Å². The summed E-state index contributed by atoms with van der Waals surface area (Å²) in [4.78, 5) is 50.8. The highest BCUT2D eigenvalue weighted by Crippen LogP contribution is 2.28. The van der Waals surface area contributed by atoms with Gasteiger partial charge in [0.1, 0.15) is 5.82 Å². The van der Waals surface area contributed by atoms with Gasteiger partial charge in [0.15, 0.2) is 6.61 Å². The second-order valence-electron chi connectivity index (χ2n) is 7.08. The van der Waals surface area contributed by atoms with E-state index < -0.39 is 36.1 Å². The fraction of sp³-hybridized carbons (Fsp3) is 0.0833. The molecular formula is C24H17FN2O5. The molecule has 0 unspecified atom stereocenters. The van der Waals surface area contributed by atoms with Gasteiger partial charge in [-0.15, -0.1) is 0 Å². The molecule has 0 spiro atoms. The van der Waals surface area contributed by atoms with Crippen molar-refractivity contribution in [3.05, 3.63) is 94.8 Å². The molecule has 160 valence electrons. The van der Waals surface area contributed by atoms with Crippen molar-refractivity contribution in [3.8, 4) is 0 Å². The number of carbonyl (C=O) groups excluding carboxylic acids is 4. The van der Waals surface area contributed by atoms with Gasteiger partial charge in [-0.1, -0.05) is 24.3 Å². The molecule has 3 amide bonds. The minimum Gasteiger partial charge on any atom is -0.452 e. The van der Waals surface area contributed by atoms with Crippen LogP contribution in [-0.2, 0) is 9.53 Å². The number of imide groups is 1. The van der Waals surface area contributed by atoms with Crippen molar-refractivity contribution >= 4 is 35.1 Å². The second kappa shape index (κ2) is 8.43. The molecule has 1 aliphatic rings. The van der Waals surface area contributed by atoms with E-state index >= 15 is 0 Å². The fourth-order valence-corrected chi connectivity index (χ4v) is 3.34. The Labute approximate surface area is 182 Å². The van der Waals surface area contributed by atoms with E-state index in [4.69, 9.17) is 4.74 Å². The van der Waals surface area contributed by atoms with Crippen molar-refractivity contribution in [2.75, 3.05) is 16.8 Å². The summed E-state index contributed by atoms with van der Waals surface area (Å²) in [6.07, 6.45) is 0. The van der Waals surface area contributed by atoms with Gasteiger partial charge in [0.2, 0.25) is 0 Å². The maximum Gasteiger partial charge on any atom is 0.338 e. The molecule has 32 heavy (non-hydrogen) atoms. The minimum absolute atomic E-state index is 0.0637. The fourth-order valence-electron chi connectivity index (χ4n) is 3.34. The summed E-state index contributed by atoms with van der Waals surface area (Å²) in [5, 5.41) is 2.48. The van der Waals surface area contributed by atoms with E-state index in [0.29, 0.717) is 0 Å². The lowest BCUT2D eigenvalue weighted by molar-refractivity contribution is -0.119. The number of halogens is 1. The summed E-state index contributed by atoms with van der Waals surface area (Å²) < 4.78 is 18.6. The zero-order valence-electron chi connectivity index (χ0n) is 16.9. The summed E-state index contributed by atoms with van der Waals surface area (Å²) in [6, 6.07) is 16.5. The molecule has 0 fully saturated rings. The van der Waals surface area contributed by atoms with Crippen LogP contribution in [0.1, 0.15) is 36.6 Å². The SMILES string of the molecule is Cc1c(F)cccc1NC(=O)COC(=O)c1cccc(N2C(=O)c3ccccc3C2=O)c1. The Hall–Kier alpha value is -4.33. The van der Waals surface area contributed by atoms with Crippen molar-refractivity contribution in [3.63, 3.8) is 0 Å². The van der Waals surface area contributed by atoms with Crippen molar-refractivity contribution in [1.29, 1.82) is 0 Å². The lowest BCUT2D eigenvalue weighted by atomic mass is 10.1. The van der Waals surface area contributed by atoms with Gasteiger partial charge in [-0.2, -0.15) is 0 Å². The first-order chi connectivity index (χ1) is 15.4. The Morgan fingerprint density at radius 3 is 2.28 bits per heavy atom. The number of benzene rings is 3. The molecule has 0 saturated carbocycles. The summed E-state index contributed by atoms with van der Waals surface area (Å²) in [5.41, 5.74) is 1.39. The number of fused-ring (bicyclic) bond motifs is 1. The van der Waals surface area contributed by atoms with Crippen LogP contribution in [0.15, 0.2) is 66.7 Å². The molecule has 7 nitrogen and oxygen atoms in total. The first-order valence-corrected chi connectivity index (χ1v) is 9.67. The Morgan fingerprint density at radius 1 is 0.938 bits per heavy atom. The number of rotatable bonds is 5. The third-order valence-electron chi connectivity index (χ3n) is 5.01. The van der Waals surface area contributed by atoms with Gasteiger partial charge < -0.3 is 10.1 Å².